The van der Waals surface area contributed by atoms with Crippen LogP contribution >= 0.6 is 0 Å². The van der Waals surface area contributed by atoms with Crippen LogP contribution in [0.4, 0.5) is 5.82 Å². The molecular formula is C30H41N5O3. The van der Waals surface area contributed by atoms with Crippen LogP contribution in [0, 0.1) is 11.8 Å². The first-order chi connectivity index (χ1) is 18.5. The predicted molar refractivity (Wildman–Crippen MR) is 147 cm³/mol. The molecule has 8 heteroatoms. The van der Waals surface area contributed by atoms with Crippen LogP contribution in [0.2, 0.25) is 0 Å². The molecule has 7 rings (SSSR count). The molecule has 4 bridgehead atoms. The lowest BCUT2D eigenvalue weighted by atomic mass is 9.73. The number of piperidine rings is 2. The van der Waals surface area contributed by atoms with Crippen LogP contribution in [-0.4, -0.2) is 62.3 Å². The van der Waals surface area contributed by atoms with E-state index < -0.39 is 18.1 Å². The summed E-state index contributed by atoms with van der Waals surface area (Å²) in [7, 11) is 0. The lowest BCUT2D eigenvalue weighted by Crippen LogP contribution is -2.69. The van der Waals surface area contributed by atoms with E-state index in [1.54, 1.807) is 4.90 Å². The van der Waals surface area contributed by atoms with Crippen LogP contribution in [0.3, 0.4) is 0 Å². The first kappa shape index (κ1) is 24.6. The molecular weight excluding hydrogens is 478 g/mol. The molecule has 5 fully saturated rings. The zero-order valence-corrected chi connectivity index (χ0v) is 22.3. The van der Waals surface area contributed by atoms with E-state index in [-0.39, 0.29) is 17.4 Å². The van der Waals surface area contributed by atoms with Gasteiger partial charge in [-0.1, -0.05) is 44.2 Å². The van der Waals surface area contributed by atoms with Crippen molar-refractivity contribution in [3.8, 4) is 0 Å². The summed E-state index contributed by atoms with van der Waals surface area (Å²) in [5.74, 6) is 1.04. The fraction of sp³-hybridized carbons (Fsp3) is 0.700. The van der Waals surface area contributed by atoms with Crippen LogP contribution in [0.5, 0.6) is 0 Å². The normalized spacial score (nSPS) is 37.4. The maximum Gasteiger partial charge on any atom is 0.328 e. The largest absolute Gasteiger partial charge is 0.480 e. The molecule has 204 valence electrons. The summed E-state index contributed by atoms with van der Waals surface area (Å²) in [6, 6.07) is 8.29. The van der Waals surface area contributed by atoms with Crippen LogP contribution in [0.1, 0.15) is 83.1 Å². The molecule has 2 aromatic rings. The van der Waals surface area contributed by atoms with E-state index >= 15 is 0 Å². The summed E-state index contributed by atoms with van der Waals surface area (Å²) in [4.78, 5) is 35.2. The third-order valence-electron chi connectivity index (χ3n) is 10.6. The summed E-state index contributed by atoms with van der Waals surface area (Å²) < 4.78 is 1.98. The standard InChI is InChI=1S/C30H41N5O3/c31-24-17-33(27(24)30(37)38)28-29(36)35(26-11-4-3-10-25(26)32-28)23-15-20-8-5-9-21(16-23)34(20)22-13-18-6-1-2-7-19(12-18)14-22/h3-4,10-11,18-24,27H,1-2,5-9,12-17,31H2,(H,37,38)/t18-,19?,20+,21+,22-,24+,27-/m0/s1. The molecule has 0 spiro atoms. The number of aromatic nitrogens is 2. The Kier molecular flexibility index (Phi) is 6.23. The fourth-order valence-corrected chi connectivity index (χ4v) is 9.07. The molecule has 1 aromatic heterocycles. The lowest BCUT2D eigenvalue weighted by molar-refractivity contribution is -0.140. The van der Waals surface area contributed by atoms with Crippen molar-refractivity contribution in [2.45, 2.75) is 113 Å². The number of aliphatic carboxylic acids is 1. The van der Waals surface area contributed by atoms with Gasteiger partial charge in [0.15, 0.2) is 5.82 Å². The zero-order valence-electron chi connectivity index (χ0n) is 22.3. The Labute approximate surface area is 224 Å². The Balaban J connectivity index is 1.22. The summed E-state index contributed by atoms with van der Waals surface area (Å²) in [6.07, 6.45) is 15.5. The highest BCUT2D eigenvalue weighted by atomic mass is 16.4. The van der Waals surface area contributed by atoms with Crippen molar-refractivity contribution in [1.29, 1.82) is 0 Å². The first-order valence-electron chi connectivity index (χ1n) is 15.0. The molecule has 38 heavy (non-hydrogen) atoms. The molecule has 7 atom stereocenters. The number of para-hydroxylation sites is 2. The van der Waals surface area contributed by atoms with Crippen molar-refractivity contribution in [2.75, 3.05) is 11.4 Å². The predicted octanol–water partition coefficient (Wildman–Crippen LogP) is 3.91. The van der Waals surface area contributed by atoms with Crippen molar-refractivity contribution in [3.05, 3.63) is 34.6 Å². The highest BCUT2D eigenvalue weighted by Crippen LogP contribution is 2.47. The Bertz CT molecular complexity index is 1250. The Morgan fingerprint density at radius 3 is 2.21 bits per heavy atom. The van der Waals surface area contributed by atoms with E-state index in [4.69, 9.17) is 5.73 Å². The van der Waals surface area contributed by atoms with Gasteiger partial charge in [0.05, 0.1) is 17.1 Å². The number of fused-ring (bicyclic) bond motifs is 5. The minimum absolute atomic E-state index is 0.102. The first-order valence-corrected chi connectivity index (χ1v) is 15.0. The molecule has 3 saturated heterocycles. The number of nitrogens with two attached hydrogens (primary N) is 1. The monoisotopic (exact) mass is 519 g/mol. The highest BCUT2D eigenvalue weighted by Gasteiger charge is 2.47. The summed E-state index contributed by atoms with van der Waals surface area (Å²) in [6.45, 7) is 0.339. The van der Waals surface area contributed by atoms with Crippen LogP contribution < -0.4 is 16.2 Å². The molecule has 5 aliphatic rings. The van der Waals surface area contributed by atoms with Gasteiger partial charge in [-0.25, -0.2) is 9.78 Å². The highest BCUT2D eigenvalue weighted by molar-refractivity contribution is 5.83. The third kappa shape index (κ3) is 4.06. The van der Waals surface area contributed by atoms with Gasteiger partial charge >= 0.3 is 5.97 Å². The van der Waals surface area contributed by atoms with Crippen molar-refractivity contribution in [1.82, 2.24) is 14.5 Å². The molecule has 2 saturated carbocycles. The minimum Gasteiger partial charge on any atom is -0.480 e. The smallest absolute Gasteiger partial charge is 0.328 e. The minimum atomic E-state index is -0.999. The van der Waals surface area contributed by atoms with Gasteiger partial charge in [0.1, 0.15) is 6.04 Å². The van der Waals surface area contributed by atoms with Gasteiger partial charge < -0.3 is 20.3 Å². The van der Waals surface area contributed by atoms with E-state index in [1.807, 2.05) is 28.8 Å². The van der Waals surface area contributed by atoms with Crippen LogP contribution in [-0.2, 0) is 4.79 Å². The van der Waals surface area contributed by atoms with Gasteiger partial charge in [-0.05, 0) is 68.9 Å². The molecule has 4 heterocycles. The second kappa shape index (κ2) is 9.63. The number of benzene rings is 1. The number of anilines is 1. The van der Waals surface area contributed by atoms with Gasteiger partial charge in [0.25, 0.3) is 5.56 Å². The maximum absolute atomic E-state index is 14.1. The van der Waals surface area contributed by atoms with Crippen molar-refractivity contribution >= 4 is 22.8 Å². The van der Waals surface area contributed by atoms with E-state index in [0.717, 1.165) is 35.7 Å². The molecule has 1 aromatic carbocycles. The molecule has 0 radical (unpaired) electrons. The summed E-state index contributed by atoms with van der Waals surface area (Å²) in [5, 5.41) is 9.73. The molecule has 3 aliphatic heterocycles. The molecule has 1 unspecified atom stereocenters. The fourth-order valence-electron chi connectivity index (χ4n) is 9.07. The Hall–Kier alpha value is -2.45. The van der Waals surface area contributed by atoms with Gasteiger partial charge in [-0.15, -0.1) is 0 Å². The third-order valence-corrected chi connectivity index (χ3v) is 10.6. The van der Waals surface area contributed by atoms with Gasteiger partial charge in [-0.2, -0.15) is 0 Å². The van der Waals surface area contributed by atoms with E-state index in [2.05, 4.69) is 9.88 Å². The average Bonchev–Trinajstić information content (AvgIpc) is 3.05. The Morgan fingerprint density at radius 1 is 0.868 bits per heavy atom. The van der Waals surface area contributed by atoms with Crippen molar-refractivity contribution in [3.63, 3.8) is 0 Å². The van der Waals surface area contributed by atoms with Crippen LogP contribution in [0.15, 0.2) is 29.1 Å². The Morgan fingerprint density at radius 2 is 1.55 bits per heavy atom. The number of hydrogen-bond acceptors (Lipinski definition) is 6. The van der Waals surface area contributed by atoms with Gasteiger partial charge in [-0.3, -0.25) is 9.69 Å². The number of carbonyl (C=O) groups is 1. The number of rotatable bonds is 4. The van der Waals surface area contributed by atoms with Gasteiger partial charge in [0, 0.05) is 30.7 Å². The van der Waals surface area contributed by atoms with Gasteiger partial charge in [0.2, 0.25) is 0 Å². The number of carboxylic acids is 1. The molecule has 2 aliphatic carbocycles. The second-order valence-corrected chi connectivity index (χ2v) is 12.9. The van der Waals surface area contributed by atoms with E-state index in [0.29, 0.717) is 24.7 Å². The van der Waals surface area contributed by atoms with Crippen molar-refractivity contribution < 1.29 is 9.90 Å². The molecule has 3 N–H and O–H groups in total. The molecule has 8 nitrogen and oxygen atoms in total. The quantitative estimate of drug-likeness (QED) is 0.631. The summed E-state index contributed by atoms with van der Waals surface area (Å²) >= 11 is 0. The lowest BCUT2D eigenvalue weighted by Gasteiger charge is -2.54. The van der Waals surface area contributed by atoms with Crippen molar-refractivity contribution in [2.24, 2.45) is 17.6 Å². The second-order valence-electron chi connectivity index (χ2n) is 12.9. The zero-order chi connectivity index (χ0) is 26.0. The number of carboxylic acid groups (broad SMARTS) is 1. The van der Waals surface area contributed by atoms with Crippen LogP contribution in [0.25, 0.3) is 11.0 Å². The van der Waals surface area contributed by atoms with E-state index in [1.165, 1.54) is 64.2 Å². The number of nitrogens with zero attached hydrogens (tertiary/aromatic N) is 4. The topological polar surface area (TPSA) is 105 Å². The molecule has 0 amide bonds. The summed E-state index contributed by atoms with van der Waals surface area (Å²) in [5.41, 5.74) is 7.46. The maximum atomic E-state index is 14.1. The number of hydrogen-bond donors (Lipinski definition) is 2. The van der Waals surface area contributed by atoms with E-state index in [9.17, 15) is 14.7 Å². The average molecular weight is 520 g/mol. The SMILES string of the molecule is N[C@@H]1CN(c2nc3ccccc3n(C3C[C@H]4CCC[C@H](C3)N4[C@@H]3CC4CCCC[C@@H](C4)C3)c2=O)[C@@H]1C(=O)O.